The number of halogens is 1. The number of hydrogen-bond donors (Lipinski definition) is 1. The minimum Gasteiger partial charge on any atom is -0.308 e. The quantitative estimate of drug-likeness (QED) is 0.922. The average molecular weight is 307 g/mol. The van der Waals surface area contributed by atoms with E-state index in [-0.39, 0.29) is 0 Å². The van der Waals surface area contributed by atoms with Crippen LogP contribution in [0.4, 0.5) is 0 Å². The second-order valence-corrected chi connectivity index (χ2v) is 5.52. The first-order valence-corrected chi connectivity index (χ1v) is 6.95. The first kappa shape index (κ1) is 11.9. The van der Waals surface area contributed by atoms with Gasteiger partial charge in [0.15, 0.2) is 0 Å². The summed E-state index contributed by atoms with van der Waals surface area (Å²) >= 11 is 3.39. The van der Waals surface area contributed by atoms with Gasteiger partial charge in [0.2, 0.25) is 0 Å². The van der Waals surface area contributed by atoms with Crippen LogP contribution in [0.2, 0.25) is 0 Å². The maximum absolute atomic E-state index is 4.37. The zero-order chi connectivity index (χ0) is 12.4. The van der Waals surface area contributed by atoms with Crippen molar-refractivity contribution >= 4 is 15.9 Å². The van der Waals surface area contributed by atoms with Crippen molar-refractivity contribution in [1.82, 2.24) is 20.1 Å². The first-order chi connectivity index (χ1) is 8.81. The minimum atomic E-state index is 0.721. The molecule has 2 aromatic heterocycles. The molecule has 0 saturated heterocycles. The van der Waals surface area contributed by atoms with Crippen LogP contribution in [-0.4, -0.2) is 20.8 Å². The first-order valence-electron chi connectivity index (χ1n) is 6.16. The highest BCUT2D eigenvalue weighted by Gasteiger charge is 2.20. The summed E-state index contributed by atoms with van der Waals surface area (Å²) in [7, 11) is 0. The molecule has 1 N–H and O–H groups in total. The van der Waals surface area contributed by atoms with Gasteiger partial charge in [0.25, 0.3) is 0 Å². The summed E-state index contributed by atoms with van der Waals surface area (Å²) in [6, 6.07) is 6.81. The minimum absolute atomic E-state index is 0.721. The third-order valence-electron chi connectivity index (χ3n) is 3.05. The molecule has 0 aliphatic heterocycles. The van der Waals surface area contributed by atoms with E-state index in [4.69, 9.17) is 0 Å². The van der Waals surface area contributed by atoms with Gasteiger partial charge >= 0.3 is 0 Å². The molecule has 1 aliphatic rings. The lowest BCUT2D eigenvalue weighted by molar-refractivity contribution is 0.588. The maximum Gasteiger partial charge on any atom is 0.0835 e. The number of aromatic nitrogens is 3. The fourth-order valence-electron chi connectivity index (χ4n) is 1.84. The zero-order valence-corrected chi connectivity index (χ0v) is 11.6. The van der Waals surface area contributed by atoms with Crippen LogP contribution in [0.15, 0.2) is 35.1 Å². The van der Waals surface area contributed by atoms with Gasteiger partial charge in [-0.15, -0.1) is 0 Å². The van der Waals surface area contributed by atoms with Crippen LogP contribution >= 0.6 is 15.9 Å². The molecule has 0 aromatic carbocycles. The average Bonchev–Trinajstić information content (AvgIpc) is 3.11. The standard InChI is InChI=1S/C13H15BrN4/c14-10-1-2-12(15-7-10)9-18-13(5-6-17-18)8-16-11-3-4-11/h1-2,5-7,11,16H,3-4,8-9H2. The van der Waals surface area contributed by atoms with Gasteiger partial charge in [-0.05, 0) is 47.0 Å². The molecule has 94 valence electrons. The van der Waals surface area contributed by atoms with Crippen LogP contribution in [0.3, 0.4) is 0 Å². The molecule has 1 fully saturated rings. The molecule has 0 atom stereocenters. The van der Waals surface area contributed by atoms with E-state index in [1.165, 1.54) is 18.5 Å². The van der Waals surface area contributed by atoms with Gasteiger partial charge in [-0.2, -0.15) is 5.10 Å². The SMILES string of the molecule is Brc1ccc(Cn2nccc2CNC2CC2)nc1. The Bertz CT molecular complexity index is 516. The molecule has 18 heavy (non-hydrogen) atoms. The highest BCUT2D eigenvalue weighted by Crippen LogP contribution is 2.19. The lowest BCUT2D eigenvalue weighted by Crippen LogP contribution is -2.19. The van der Waals surface area contributed by atoms with Crippen LogP contribution in [0.1, 0.15) is 24.2 Å². The number of hydrogen-bond acceptors (Lipinski definition) is 3. The molecular weight excluding hydrogens is 292 g/mol. The Hall–Kier alpha value is -1.20. The maximum atomic E-state index is 4.37. The van der Waals surface area contributed by atoms with Crippen molar-refractivity contribution in [2.45, 2.75) is 32.0 Å². The van der Waals surface area contributed by atoms with Gasteiger partial charge in [-0.3, -0.25) is 9.67 Å². The fraction of sp³-hybridized carbons (Fsp3) is 0.385. The van der Waals surface area contributed by atoms with Gasteiger partial charge in [0, 0.05) is 29.5 Å². The number of nitrogens with one attached hydrogen (secondary N) is 1. The second kappa shape index (κ2) is 5.20. The van der Waals surface area contributed by atoms with Gasteiger partial charge in [0.1, 0.15) is 0 Å². The molecule has 0 unspecified atom stereocenters. The number of rotatable bonds is 5. The van der Waals surface area contributed by atoms with Gasteiger partial charge < -0.3 is 5.32 Å². The zero-order valence-electron chi connectivity index (χ0n) is 10.0. The van der Waals surface area contributed by atoms with E-state index in [0.29, 0.717) is 0 Å². The van der Waals surface area contributed by atoms with E-state index in [2.05, 4.69) is 37.4 Å². The Morgan fingerprint density at radius 1 is 1.33 bits per heavy atom. The Balaban J connectivity index is 1.67. The third-order valence-corrected chi connectivity index (χ3v) is 3.52. The Morgan fingerprint density at radius 2 is 2.22 bits per heavy atom. The van der Waals surface area contributed by atoms with Crippen molar-refractivity contribution in [3.05, 3.63) is 46.5 Å². The normalized spacial score (nSPS) is 14.9. The largest absolute Gasteiger partial charge is 0.308 e. The Morgan fingerprint density at radius 3 is 2.94 bits per heavy atom. The highest BCUT2D eigenvalue weighted by molar-refractivity contribution is 9.10. The fourth-order valence-corrected chi connectivity index (χ4v) is 2.08. The lowest BCUT2D eigenvalue weighted by Gasteiger charge is -2.08. The van der Waals surface area contributed by atoms with Crippen molar-refractivity contribution in [3.63, 3.8) is 0 Å². The van der Waals surface area contributed by atoms with Gasteiger partial charge in [-0.25, -0.2) is 0 Å². The summed E-state index contributed by atoms with van der Waals surface area (Å²) in [6.07, 6.45) is 6.29. The molecule has 0 bridgehead atoms. The van der Waals surface area contributed by atoms with Crippen molar-refractivity contribution in [2.75, 3.05) is 0 Å². The number of pyridine rings is 1. The van der Waals surface area contributed by atoms with E-state index in [1.54, 1.807) is 0 Å². The predicted molar refractivity (Wildman–Crippen MR) is 73.1 cm³/mol. The van der Waals surface area contributed by atoms with Crippen molar-refractivity contribution in [1.29, 1.82) is 0 Å². The Kier molecular flexibility index (Phi) is 3.43. The van der Waals surface area contributed by atoms with E-state index in [9.17, 15) is 0 Å². The van der Waals surface area contributed by atoms with Crippen molar-refractivity contribution in [2.24, 2.45) is 0 Å². The monoisotopic (exact) mass is 306 g/mol. The molecule has 5 heteroatoms. The molecule has 1 aliphatic carbocycles. The summed E-state index contributed by atoms with van der Waals surface area (Å²) in [5.74, 6) is 0. The molecule has 0 spiro atoms. The summed E-state index contributed by atoms with van der Waals surface area (Å²) < 4.78 is 3.01. The summed E-state index contributed by atoms with van der Waals surface area (Å²) in [5.41, 5.74) is 2.24. The predicted octanol–water partition coefficient (Wildman–Crippen LogP) is 2.34. The van der Waals surface area contributed by atoms with E-state index in [0.717, 1.165) is 29.3 Å². The van der Waals surface area contributed by atoms with Crippen molar-refractivity contribution in [3.8, 4) is 0 Å². The van der Waals surface area contributed by atoms with E-state index >= 15 is 0 Å². The molecule has 0 radical (unpaired) electrons. The van der Waals surface area contributed by atoms with Crippen LogP contribution in [0.5, 0.6) is 0 Å². The van der Waals surface area contributed by atoms with Crippen LogP contribution < -0.4 is 5.32 Å². The number of nitrogens with zero attached hydrogens (tertiary/aromatic N) is 3. The highest BCUT2D eigenvalue weighted by atomic mass is 79.9. The second-order valence-electron chi connectivity index (χ2n) is 4.60. The van der Waals surface area contributed by atoms with Crippen LogP contribution in [0, 0.1) is 0 Å². The van der Waals surface area contributed by atoms with Crippen LogP contribution in [0.25, 0.3) is 0 Å². The molecular formula is C13H15BrN4. The molecule has 3 rings (SSSR count). The topological polar surface area (TPSA) is 42.7 Å². The lowest BCUT2D eigenvalue weighted by atomic mass is 10.3. The molecule has 2 aromatic rings. The van der Waals surface area contributed by atoms with Crippen molar-refractivity contribution < 1.29 is 0 Å². The Labute approximate surface area is 115 Å². The summed E-state index contributed by atoms with van der Waals surface area (Å²) in [6.45, 7) is 1.61. The third kappa shape index (κ3) is 2.97. The summed E-state index contributed by atoms with van der Waals surface area (Å²) in [4.78, 5) is 4.37. The summed E-state index contributed by atoms with van der Waals surface area (Å²) in [5, 5.41) is 7.86. The van der Waals surface area contributed by atoms with E-state index in [1.807, 2.05) is 29.2 Å². The van der Waals surface area contributed by atoms with E-state index < -0.39 is 0 Å². The molecule has 0 amide bonds. The molecule has 4 nitrogen and oxygen atoms in total. The van der Waals surface area contributed by atoms with Gasteiger partial charge in [0.05, 0.1) is 17.9 Å². The van der Waals surface area contributed by atoms with Crippen LogP contribution in [-0.2, 0) is 13.1 Å². The molecule has 1 saturated carbocycles. The smallest absolute Gasteiger partial charge is 0.0835 e. The molecule has 2 heterocycles. The van der Waals surface area contributed by atoms with Gasteiger partial charge in [-0.1, -0.05) is 0 Å².